The maximum atomic E-state index is 12.6. The van der Waals surface area contributed by atoms with Crippen LogP contribution in [0.5, 0.6) is 0 Å². The molecule has 0 aliphatic heterocycles. The van der Waals surface area contributed by atoms with E-state index in [1.807, 2.05) is 0 Å². The molecule has 0 spiro atoms. The molecule has 0 amide bonds. The average molecular weight is 254 g/mol. The Labute approximate surface area is 103 Å². The molecule has 18 heavy (non-hydrogen) atoms. The van der Waals surface area contributed by atoms with Gasteiger partial charge in [-0.25, -0.2) is 8.78 Å². The fourth-order valence-electron chi connectivity index (χ4n) is 1.52. The van der Waals surface area contributed by atoms with Crippen LogP contribution in [0.1, 0.15) is 35.7 Å². The lowest BCUT2D eigenvalue weighted by atomic mass is 10.0. The Balaban J connectivity index is 3.12. The lowest BCUT2D eigenvalue weighted by molar-refractivity contribution is -0.142. The smallest absolute Gasteiger partial charge is 0.311 e. The Morgan fingerprint density at radius 3 is 2.78 bits per heavy atom. The zero-order chi connectivity index (χ0) is 13.7. The van der Waals surface area contributed by atoms with Crippen LogP contribution in [0, 0.1) is 18.3 Å². The predicted molar refractivity (Wildman–Crippen MR) is 59.0 cm³/mol. The Hall–Kier alpha value is -2.03. The fourth-order valence-corrected chi connectivity index (χ4v) is 1.52. The van der Waals surface area contributed by atoms with E-state index in [-0.39, 0.29) is 35.4 Å². The van der Waals surface area contributed by atoms with Crippen LogP contribution in [0.25, 0.3) is 0 Å². The molecule has 0 aliphatic rings. The minimum absolute atomic E-state index is 0.0147. The van der Waals surface area contributed by atoms with E-state index in [9.17, 15) is 13.6 Å². The van der Waals surface area contributed by atoms with Gasteiger partial charge >= 0.3 is 5.97 Å². The van der Waals surface area contributed by atoms with Gasteiger partial charge in [-0.2, -0.15) is 5.26 Å². The van der Waals surface area contributed by atoms with Gasteiger partial charge < -0.3 is 4.74 Å². The van der Waals surface area contributed by atoms with Crippen LogP contribution in [-0.4, -0.2) is 17.6 Å². The summed E-state index contributed by atoms with van der Waals surface area (Å²) >= 11 is 0. The molecule has 1 aromatic heterocycles. The molecule has 1 heterocycles. The third-order valence-corrected chi connectivity index (χ3v) is 2.42. The van der Waals surface area contributed by atoms with Gasteiger partial charge in [0.25, 0.3) is 6.43 Å². The van der Waals surface area contributed by atoms with Crippen molar-refractivity contribution in [3.8, 4) is 6.07 Å². The van der Waals surface area contributed by atoms with Crippen LogP contribution >= 0.6 is 0 Å². The second kappa shape index (κ2) is 6.05. The molecule has 0 aliphatic carbocycles. The molecule has 0 bridgehead atoms. The quantitative estimate of drug-likeness (QED) is 0.773. The van der Waals surface area contributed by atoms with Crippen LogP contribution in [0.15, 0.2) is 6.20 Å². The highest BCUT2D eigenvalue weighted by molar-refractivity contribution is 5.73. The minimum atomic E-state index is -2.69. The van der Waals surface area contributed by atoms with E-state index in [1.165, 1.54) is 6.92 Å². The van der Waals surface area contributed by atoms with Crippen molar-refractivity contribution < 1.29 is 18.3 Å². The molecule has 0 unspecified atom stereocenters. The van der Waals surface area contributed by atoms with E-state index >= 15 is 0 Å². The van der Waals surface area contributed by atoms with Gasteiger partial charge in [-0.15, -0.1) is 0 Å². The van der Waals surface area contributed by atoms with Crippen molar-refractivity contribution in [3.63, 3.8) is 0 Å². The number of carbonyl (C=O) groups is 1. The molecule has 0 saturated carbocycles. The first-order valence-corrected chi connectivity index (χ1v) is 5.33. The van der Waals surface area contributed by atoms with E-state index in [0.29, 0.717) is 0 Å². The van der Waals surface area contributed by atoms with Crippen molar-refractivity contribution >= 4 is 5.97 Å². The van der Waals surface area contributed by atoms with Gasteiger partial charge in [-0.3, -0.25) is 9.78 Å². The third-order valence-electron chi connectivity index (χ3n) is 2.42. The van der Waals surface area contributed by atoms with Crippen LogP contribution in [0.2, 0.25) is 0 Å². The Morgan fingerprint density at radius 2 is 2.28 bits per heavy atom. The lowest BCUT2D eigenvalue weighted by Crippen LogP contribution is -2.11. The molecule has 1 aromatic rings. The number of ether oxygens (including phenoxy) is 1. The summed E-state index contributed by atoms with van der Waals surface area (Å²) in [6.45, 7) is 3.28. The number of nitriles is 1. The summed E-state index contributed by atoms with van der Waals surface area (Å²) in [5.41, 5.74) is 0.0414. The standard InChI is InChI=1S/C12H12F2N2O2/c1-3-18-11(17)4-10-8(5-15)7(2)9(6-16-10)12(13)14/h6,12H,3-4H2,1-2H3. The van der Waals surface area contributed by atoms with Crippen molar-refractivity contribution in [2.75, 3.05) is 6.61 Å². The molecule has 1 rings (SSSR count). The largest absolute Gasteiger partial charge is 0.466 e. The maximum Gasteiger partial charge on any atom is 0.311 e. The van der Waals surface area contributed by atoms with Crippen molar-refractivity contribution in [2.45, 2.75) is 26.7 Å². The van der Waals surface area contributed by atoms with Crippen LogP contribution in [-0.2, 0) is 16.0 Å². The van der Waals surface area contributed by atoms with Gasteiger partial charge in [0.1, 0.15) is 6.07 Å². The van der Waals surface area contributed by atoms with Crippen molar-refractivity contribution in [1.29, 1.82) is 5.26 Å². The second-order valence-electron chi connectivity index (χ2n) is 3.55. The molecule has 0 fully saturated rings. The summed E-state index contributed by atoms with van der Waals surface area (Å²) in [6, 6.07) is 1.80. The monoisotopic (exact) mass is 254 g/mol. The van der Waals surface area contributed by atoms with E-state index < -0.39 is 12.4 Å². The summed E-state index contributed by atoms with van der Waals surface area (Å²) in [6.07, 6.45) is -1.89. The number of hydrogen-bond acceptors (Lipinski definition) is 4. The van der Waals surface area contributed by atoms with E-state index in [2.05, 4.69) is 4.98 Å². The van der Waals surface area contributed by atoms with Gasteiger partial charge in [0, 0.05) is 11.8 Å². The summed E-state index contributed by atoms with van der Waals surface area (Å²) in [5.74, 6) is -0.536. The number of aromatic nitrogens is 1. The molecule has 96 valence electrons. The zero-order valence-electron chi connectivity index (χ0n) is 10.0. The Bertz CT molecular complexity index is 496. The summed E-state index contributed by atoms with van der Waals surface area (Å²) in [4.78, 5) is 15.0. The number of rotatable bonds is 4. The SMILES string of the molecule is CCOC(=O)Cc1ncc(C(F)F)c(C)c1C#N. The van der Waals surface area contributed by atoms with Gasteiger partial charge in [-0.05, 0) is 19.4 Å². The predicted octanol–water partition coefficient (Wildman–Crippen LogP) is 2.30. The molecule has 4 nitrogen and oxygen atoms in total. The third kappa shape index (κ3) is 3.00. The van der Waals surface area contributed by atoms with E-state index in [1.54, 1.807) is 13.0 Å². The molecule has 6 heteroatoms. The summed E-state index contributed by atoms with van der Waals surface area (Å²) in [7, 11) is 0. The highest BCUT2D eigenvalue weighted by Crippen LogP contribution is 2.25. The lowest BCUT2D eigenvalue weighted by Gasteiger charge is -2.09. The molecular weight excluding hydrogens is 242 g/mol. The molecule has 0 saturated heterocycles. The number of nitrogens with zero attached hydrogens (tertiary/aromatic N) is 2. The molecule has 0 atom stereocenters. The van der Waals surface area contributed by atoms with Gasteiger partial charge in [0.2, 0.25) is 0 Å². The maximum absolute atomic E-state index is 12.6. The van der Waals surface area contributed by atoms with Crippen LogP contribution < -0.4 is 0 Å². The summed E-state index contributed by atoms with van der Waals surface area (Å²) in [5, 5.41) is 8.96. The molecule has 0 radical (unpaired) electrons. The van der Waals surface area contributed by atoms with Gasteiger partial charge in [-0.1, -0.05) is 0 Å². The number of alkyl halides is 2. The fraction of sp³-hybridized carbons (Fsp3) is 0.417. The first-order chi connectivity index (χ1) is 8.51. The van der Waals surface area contributed by atoms with Gasteiger partial charge in [0.05, 0.1) is 24.3 Å². The highest BCUT2D eigenvalue weighted by atomic mass is 19.3. The van der Waals surface area contributed by atoms with E-state index in [4.69, 9.17) is 10.00 Å². The number of hydrogen-bond donors (Lipinski definition) is 0. The number of halogens is 2. The topological polar surface area (TPSA) is 63.0 Å². The van der Waals surface area contributed by atoms with Crippen LogP contribution in [0.3, 0.4) is 0 Å². The zero-order valence-corrected chi connectivity index (χ0v) is 10.0. The molecule has 0 aromatic carbocycles. The van der Waals surface area contributed by atoms with Crippen LogP contribution in [0.4, 0.5) is 8.78 Å². The van der Waals surface area contributed by atoms with E-state index in [0.717, 1.165) is 6.20 Å². The normalized spacial score (nSPS) is 10.2. The minimum Gasteiger partial charge on any atom is -0.466 e. The Kier molecular flexibility index (Phi) is 4.72. The first kappa shape index (κ1) is 14.0. The van der Waals surface area contributed by atoms with Gasteiger partial charge in [0.15, 0.2) is 0 Å². The number of carbonyl (C=O) groups excluding carboxylic acids is 1. The number of pyridine rings is 1. The molecule has 0 N–H and O–H groups in total. The highest BCUT2D eigenvalue weighted by Gasteiger charge is 2.19. The first-order valence-electron chi connectivity index (χ1n) is 5.33. The average Bonchev–Trinajstić information content (AvgIpc) is 2.29. The van der Waals surface area contributed by atoms with Crippen molar-refractivity contribution in [1.82, 2.24) is 4.98 Å². The second-order valence-corrected chi connectivity index (χ2v) is 3.55. The van der Waals surface area contributed by atoms with Crippen molar-refractivity contribution in [2.24, 2.45) is 0 Å². The molecular formula is C12H12F2N2O2. The Morgan fingerprint density at radius 1 is 1.61 bits per heavy atom. The summed E-state index contributed by atoms with van der Waals surface area (Å²) < 4.78 is 30.0. The van der Waals surface area contributed by atoms with Crippen molar-refractivity contribution in [3.05, 3.63) is 28.6 Å². The number of esters is 1.